The first-order valence-electron chi connectivity index (χ1n) is 6.22. The van der Waals surface area contributed by atoms with Gasteiger partial charge in [-0.3, -0.25) is 4.79 Å². The fourth-order valence-corrected chi connectivity index (χ4v) is 2.20. The highest BCUT2D eigenvalue weighted by Crippen LogP contribution is 2.16. The average molecular weight is 243 g/mol. The lowest BCUT2D eigenvalue weighted by Crippen LogP contribution is -2.46. The molecule has 1 aliphatic rings. The molecule has 2 atom stereocenters. The number of rotatable bonds is 3. The van der Waals surface area contributed by atoms with Crippen LogP contribution in [0.1, 0.15) is 36.9 Å². The summed E-state index contributed by atoms with van der Waals surface area (Å²) in [4.78, 5) is 11.1. The summed E-state index contributed by atoms with van der Waals surface area (Å²) < 4.78 is 0. The maximum Gasteiger partial charge on any atom is 0.220 e. The summed E-state index contributed by atoms with van der Waals surface area (Å²) in [5, 5.41) is 15.2. The number of hydrogen-bond donors (Lipinski definition) is 2. The molecule has 18 heavy (non-hydrogen) atoms. The molecule has 0 aliphatic carbocycles. The fraction of sp³-hybridized carbons (Fsp3) is 0.429. The molecule has 1 aliphatic heterocycles. The van der Waals surface area contributed by atoms with Crippen molar-refractivity contribution in [2.24, 2.45) is 0 Å². The SMILES string of the molecule is CC(NC1CCC(=O)NC1)c1cccc(C#N)c1. The molecule has 4 nitrogen and oxygen atoms in total. The number of carbonyl (C=O) groups excluding carboxylic acids is 1. The van der Waals surface area contributed by atoms with E-state index in [2.05, 4.69) is 23.6 Å². The van der Waals surface area contributed by atoms with E-state index < -0.39 is 0 Å². The number of hydrogen-bond acceptors (Lipinski definition) is 3. The van der Waals surface area contributed by atoms with Gasteiger partial charge in [-0.1, -0.05) is 12.1 Å². The van der Waals surface area contributed by atoms with Gasteiger partial charge < -0.3 is 10.6 Å². The number of nitriles is 1. The molecular weight excluding hydrogens is 226 g/mol. The minimum absolute atomic E-state index is 0.132. The van der Waals surface area contributed by atoms with Crippen LogP contribution in [-0.2, 0) is 4.79 Å². The Morgan fingerprint density at radius 3 is 3.06 bits per heavy atom. The second-order valence-corrected chi connectivity index (χ2v) is 4.67. The zero-order chi connectivity index (χ0) is 13.0. The number of nitrogens with zero attached hydrogens (tertiary/aromatic N) is 1. The van der Waals surface area contributed by atoms with Crippen LogP contribution in [0.3, 0.4) is 0 Å². The summed E-state index contributed by atoms with van der Waals surface area (Å²) >= 11 is 0. The Morgan fingerprint density at radius 1 is 1.56 bits per heavy atom. The number of nitrogens with one attached hydrogen (secondary N) is 2. The molecule has 0 spiro atoms. The smallest absolute Gasteiger partial charge is 0.220 e. The van der Waals surface area contributed by atoms with Crippen LogP contribution >= 0.6 is 0 Å². The van der Waals surface area contributed by atoms with E-state index in [0.717, 1.165) is 12.0 Å². The lowest BCUT2D eigenvalue weighted by molar-refractivity contribution is -0.122. The first-order chi connectivity index (χ1) is 8.69. The molecule has 2 rings (SSSR count). The van der Waals surface area contributed by atoms with Crippen molar-refractivity contribution in [1.82, 2.24) is 10.6 Å². The van der Waals surface area contributed by atoms with Crippen LogP contribution in [0, 0.1) is 11.3 Å². The minimum Gasteiger partial charge on any atom is -0.355 e. The van der Waals surface area contributed by atoms with Crippen LogP contribution in [0.15, 0.2) is 24.3 Å². The number of carbonyl (C=O) groups is 1. The first-order valence-corrected chi connectivity index (χ1v) is 6.22. The summed E-state index contributed by atoms with van der Waals surface area (Å²) in [7, 11) is 0. The molecule has 94 valence electrons. The molecule has 2 N–H and O–H groups in total. The number of piperidine rings is 1. The Morgan fingerprint density at radius 2 is 2.39 bits per heavy atom. The number of amides is 1. The zero-order valence-electron chi connectivity index (χ0n) is 10.4. The Labute approximate surface area is 107 Å². The van der Waals surface area contributed by atoms with Crippen LogP contribution in [0.25, 0.3) is 0 Å². The van der Waals surface area contributed by atoms with E-state index in [-0.39, 0.29) is 11.9 Å². The molecule has 0 bridgehead atoms. The van der Waals surface area contributed by atoms with Crippen molar-refractivity contribution in [3.63, 3.8) is 0 Å². The van der Waals surface area contributed by atoms with E-state index in [4.69, 9.17) is 5.26 Å². The van der Waals surface area contributed by atoms with E-state index in [1.165, 1.54) is 0 Å². The van der Waals surface area contributed by atoms with Gasteiger partial charge in [0.05, 0.1) is 11.6 Å². The highest BCUT2D eigenvalue weighted by atomic mass is 16.1. The van der Waals surface area contributed by atoms with Crippen molar-refractivity contribution < 1.29 is 4.79 Å². The molecule has 2 unspecified atom stereocenters. The summed E-state index contributed by atoms with van der Waals surface area (Å²) in [6.45, 7) is 2.76. The molecule has 0 aromatic heterocycles. The van der Waals surface area contributed by atoms with Crippen molar-refractivity contribution >= 4 is 5.91 Å². The Hall–Kier alpha value is -1.86. The van der Waals surface area contributed by atoms with Gasteiger partial charge in [0.25, 0.3) is 0 Å². The Kier molecular flexibility index (Phi) is 3.96. The van der Waals surface area contributed by atoms with Gasteiger partial charge in [-0.05, 0) is 31.0 Å². The highest BCUT2D eigenvalue weighted by molar-refractivity contribution is 5.76. The van der Waals surface area contributed by atoms with Gasteiger partial charge in [0.15, 0.2) is 0 Å². The summed E-state index contributed by atoms with van der Waals surface area (Å²) in [6, 6.07) is 10.3. The molecule has 1 aromatic carbocycles. The Balaban J connectivity index is 1.97. The van der Waals surface area contributed by atoms with Crippen molar-refractivity contribution in [2.45, 2.75) is 31.8 Å². The molecule has 0 saturated carbocycles. The Bertz CT molecular complexity index is 468. The third kappa shape index (κ3) is 3.08. The minimum atomic E-state index is 0.132. The predicted molar refractivity (Wildman–Crippen MR) is 68.7 cm³/mol. The lowest BCUT2D eigenvalue weighted by Gasteiger charge is -2.27. The van der Waals surface area contributed by atoms with Gasteiger partial charge in [-0.15, -0.1) is 0 Å². The van der Waals surface area contributed by atoms with E-state index in [0.29, 0.717) is 24.6 Å². The van der Waals surface area contributed by atoms with Gasteiger partial charge >= 0.3 is 0 Å². The fourth-order valence-electron chi connectivity index (χ4n) is 2.20. The topological polar surface area (TPSA) is 64.9 Å². The van der Waals surface area contributed by atoms with Crippen LogP contribution in [-0.4, -0.2) is 18.5 Å². The first kappa shape index (κ1) is 12.6. The third-order valence-electron chi connectivity index (χ3n) is 3.27. The van der Waals surface area contributed by atoms with Crippen LogP contribution in [0.4, 0.5) is 0 Å². The second-order valence-electron chi connectivity index (χ2n) is 4.67. The van der Waals surface area contributed by atoms with Crippen molar-refractivity contribution in [3.05, 3.63) is 35.4 Å². The molecule has 4 heteroatoms. The van der Waals surface area contributed by atoms with Gasteiger partial charge in [0, 0.05) is 25.0 Å². The highest BCUT2D eigenvalue weighted by Gasteiger charge is 2.19. The summed E-state index contributed by atoms with van der Waals surface area (Å²) in [5.41, 5.74) is 1.78. The van der Waals surface area contributed by atoms with Crippen LogP contribution in [0.5, 0.6) is 0 Å². The predicted octanol–water partition coefficient (Wildman–Crippen LogP) is 1.49. The maximum atomic E-state index is 11.1. The van der Waals surface area contributed by atoms with Crippen LogP contribution in [0.2, 0.25) is 0 Å². The van der Waals surface area contributed by atoms with E-state index in [9.17, 15) is 4.79 Å². The normalized spacial score (nSPS) is 20.9. The van der Waals surface area contributed by atoms with E-state index in [1.54, 1.807) is 6.07 Å². The van der Waals surface area contributed by atoms with Crippen molar-refractivity contribution in [1.29, 1.82) is 5.26 Å². The maximum absolute atomic E-state index is 11.1. The van der Waals surface area contributed by atoms with Crippen LogP contribution < -0.4 is 10.6 Å². The van der Waals surface area contributed by atoms with E-state index in [1.807, 2.05) is 18.2 Å². The quantitative estimate of drug-likeness (QED) is 0.845. The molecule has 1 aromatic rings. The largest absolute Gasteiger partial charge is 0.355 e. The number of benzene rings is 1. The lowest BCUT2D eigenvalue weighted by atomic mass is 10.0. The molecule has 0 radical (unpaired) electrons. The molecule has 1 fully saturated rings. The van der Waals surface area contributed by atoms with E-state index >= 15 is 0 Å². The van der Waals surface area contributed by atoms with Gasteiger partial charge in [-0.25, -0.2) is 0 Å². The molecule has 1 saturated heterocycles. The molecule has 1 heterocycles. The van der Waals surface area contributed by atoms with Gasteiger partial charge in [0.1, 0.15) is 0 Å². The molecular formula is C14H17N3O. The summed E-state index contributed by atoms with van der Waals surface area (Å²) in [5.74, 6) is 0.132. The van der Waals surface area contributed by atoms with Crippen molar-refractivity contribution in [2.75, 3.05) is 6.54 Å². The zero-order valence-corrected chi connectivity index (χ0v) is 10.4. The standard InChI is InChI=1S/C14H17N3O/c1-10(12-4-2-3-11(7-12)8-15)17-13-5-6-14(18)16-9-13/h2-4,7,10,13,17H,5-6,9H2,1H3,(H,16,18). The van der Waals surface area contributed by atoms with Gasteiger partial charge in [0.2, 0.25) is 5.91 Å². The third-order valence-corrected chi connectivity index (χ3v) is 3.27. The van der Waals surface area contributed by atoms with Crippen molar-refractivity contribution in [3.8, 4) is 6.07 Å². The average Bonchev–Trinajstić information content (AvgIpc) is 2.41. The molecule has 1 amide bonds. The summed E-state index contributed by atoms with van der Waals surface area (Å²) in [6.07, 6.45) is 1.46. The second kappa shape index (κ2) is 5.65. The monoisotopic (exact) mass is 243 g/mol. The van der Waals surface area contributed by atoms with Gasteiger partial charge in [-0.2, -0.15) is 5.26 Å².